The zero-order valence-corrected chi connectivity index (χ0v) is 34.2. The van der Waals surface area contributed by atoms with Crippen LogP contribution < -0.4 is 0 Å². The Hall–Kier alpha value is -2.58. The number of likely N-dealkylation sites (N-methyl/N-ethyl adjacent to an activating group) is 1. The summed E-state index contributed by atoms with van der Waals surface area (Å²) in [4.78, 5) is 51.5. The lowest BCUT2D eigenvalue weighted by Gasteiger charge is -2.50. The van der Waals surface area contributed by atoms with E-state index in [1.807, 2.05) is 6.92 Å². The first-order chi connectivity index (χ1) is 26.3. The van der Waals surface area contributed by atoms with Crippen LogP contribution in [0.15, 0.2) is 12.2 Å². The molecule has 18 atom stereocenters. The Morgan fingerprint density at radius 3 is 2.21 bits per heavy atom. The molecular weight excluding hydrogens is 738 g/mol. The van der Waals surface area contributed by atoms with Gasteiger partial charge in [-0.3, -0.25) is 14.4 Å². The van der Waals surface area contributed by atoms with E-state index in [1.54, 1.807) is 51.9 Å². The molecule has 0 spiro atoms. The third-order valence-corrected chi connectivity index (χ3v) is 11.0. The van der Waals surface area contributed by atoms with Crippen molar-refractivity contribution >= 4 is 24.2 Å². The Kier molecular flexibility index (Phi) is 16.4. The van der Waals surface area contributed by atoms with Gasteiger partial charge in [0.15, 0.2) is 18.7 Å². The van der Waals surface area contributed by atoms with Crippen molar-refractivity contribution in [3.8, 4) is 0 Å². The maximum atomic E-state index is 13.3. The first kappa shape index (κ1) is 46.1. The number of aldehydes is 1. The number of carbonyl (C=O) groups is 4. The van der Waals surface area contributed by atoms with Crippen LogP contribution in [0, 0.1) is 11.8 Å². The van der Waals surface area contributed by atoms with Crippen molar-refractivity contribution in [3.05, 3.63) is 12.2 Å². The molecule has 0 aromatic heterocycles. The molecule has 3 fully saturated rings. The molecule has 0 radical (unpaired) electrons. The van der Waals surface area contributed by atoms with Gasteiger partial charge in [0.2, 0.25) is 0 Å². The predicted molar refractivity (Wildman–Crippen MR) is 196 cm³/mol. The van der Waals surface area contributed by atoms with Gasteiger partial charge in [0.25, 0.3) is 0 Å². The summed E-state index contributed by atoms with van der Waals surface area (Å²) in [5, 5.41) is 34.4. The summed E-state index contributed by atoms with van der Waals surface area (Å²) in [5.74, 6) is -3.04. The van der Waals surface area contributed by atoms with Gasteiger partial charge in [0.1, 0.15) is 48.5 Å². The lowest BCUT2D eigenvalue weighted by molar-refractivity contribution is -0.344. The standard InChI is InChI=1S/C39H63NO16/c1-19-15-25(13-14-41)35(36(48-10)29(52-23(5)42)17-30(45)49-20(2)16-28-27(54-28)12-11-26(19)44)56-38-33(46)32(40(8)9)34(21(3)51-38)55-31-18-39(7,47)37(22(4)50-31)53-24(6)43/h11-12,14,19-22,25-29,31-38,44,46-47H,13,15-18H2,1-10H3/b12-11-/t19-,20+,21-,22-,25-,26-,27-,28-,29+,31+,32-,33-,34+,35+,36+,37+,38-,39-/m1/s1. The third kappa shape index (κ3) is 12.0. The summed E-state index contributed by atoms with van der Waals surface area (Å²) in [6.07, 6.45) is -8.25. The van der Waals surface area contributed by atoms with Crippen molar-refractivity contribution in [3.63, 3.8) is 0 Å². The number of carbonyl (C=O) groups excluding carboxylic acids is 4. The number of aliphatic hydroxyl groups excluding tert-OH is 2. The summed E-state index contributed by atoms with van der Waals surface area (Å²) < 4.78 is 53.8. The zero-order chi connectivity index (χ0) is 41.6. The molecule has 4 rings (SSSR count). The van der Waals surface area contributed by atoms with Crippen molar-refractivity contribution in [2.45, 2.75) is 178 Å². The quantitative estimate of drug-likeness (QED) is 0.0929. The number of fused-ring (bicyclic) bond motifs is 1. The van der Waals surface area contributed by atoms with Crippen LogP contribution in [0.4, 0.5) is 0 Å². The zero-order valence-electron chi connectivity index (χ0n) is 34.2. The Morgan fingerprint density at radius 1 is 0.946 bits per heavy atom. The van der Waals surface area contributed by atoms with Crippen LogP contribution in [0.3, 0.4) is 0 Å². The first-order valence-corrected chi connectivity index (χ1v) is 19.5. The number of hydrogen-bond acceptors (Lipinski definition) is 17. The summed E-state index contributed by atoms with van der Waals surface area (Å²) >= 11 is 0. The molecule has 3 saturated heterocycles. The number of ether oxygens (including phenoxy) is 9. The number of methoxy groups -OCH3 is 1. The fourth-order valence-electron chi connectivity index (χ4n) is 8.27. The maximum Gasteiger partial charge on any atom is 0.309 e. The van der Waals surface area contributed by atoms with E-state index in [0.717, 1.165) is 0 Å². The molecule has 320 valence electrons. The molecule has 0 unspecified atom stereocenters. The van der Waals surface area contributed by atoms with Crippen LogP contribution in [0.5, 0.6) is 0 Å². The number of epoxide rings is 1. The van der Waals surface area contributed by atoms with Gasteiger partial charge >= 0.3 is 17.9 Å². The summed E-state index contributed by atoms with van der Waals surface area (Å²) in [6.45, 7) is 10.9. The highest BCUT2D eigenvalue weighted by atomic mass is 16.7. The highest BCUT2D eigenvalue weighted by molar-refractivity contribution is 5.72. The van der Waals surface area contributed by atoms with Crippen molar-refractivity contribution in [2.24, 2.45) is 11.8 Å². The lowest BCUT2D eigenvalue weighted by atomic mass is 9.82. The second-order valence-corrected chi connectivity index (χ2v) is 16.2. The molecule has 3 N–H and O–H groups in total. The number of rotatable bonds is 10. The average molecular weight is 802 g/mol. The normalized spacial score (nSPS) is 44.5. The van der Waals surface area contributed by atoms with Crippen molar-refractivity contribution < 1.29 is 77.1 Å². The van der Waals surface area contributed by atoms with Gasteiger partial charge in [-0.1, -0.05) is 19.1 Å². The van der Waals surface area contributed by atoms with E-state index in [0.29, 0.717) is 12.7 Å². The number of hydrogen-bond donors (Lipinski definition) is 3. The molecule has 0 aromatic carbocycles. The minimum Gasteiger partial charge on any atom is -0.462 e. The van der Waals surface area contributed by atoms with E-state index in [4.69, 9.17) is 42.6 Å². The van der Waals surface area contributed by atoms with E-state index in [9.17, 15) is 34.5 Å². The minimum atomic E-state index is -1.49. The fraction of sp³-hybridized carbons (Fsp3) is 0.846. The molecule has 0 amide bonds. The van der Waals surface area contributed by atoms with E-state index in [2.05, 4.69) is 0 Å². The topological polar surface area (TPSA) is 219 Å². The number of cyclic esters (lactones) is 1. The Balaban J connectivity index is 1.66. The highest BCUT2D eigenvalue weighted by Gasteiger charge is 2.53. The second kappa shape index (κ2) is 19.9. The van der Waals surface area contributed by atoms with Gasteiger partial charge in [0, 0.05) is 40.2 Å². The second-order valence-electron chi connectivity index (χ2n) is 16.2. The summed E-state index contributed by atoms with van der Waals surface area (Å²) in [5.41, 5.74) is -1.49. The molecule has 0 bridgehead atoms. The Labute approximate surface area is 329 Å². The Bertz CT molecular complexity index is 1360. The van der Waals surface area contributed by atoms with Gasteiger partial charge in [-0.2, -0.15) is 0 Å². The average Bonchev–Trinajstić information content (AvgIpc) is 3.82. The SMILES string of the molecule is CO[C@@H]1[C@@H](O[C@H]2O[C@H](C)[C@H](O[C@H]3C[C@@](C)(O)[C@@H](OC(C)=O)[C@@H](C)O3)[C@H](N(C)C)[C@H]2O)[C@H](CC=O)C[C@@H](C)[C@H](O)/C=C\[C@H]2O[C@@H]2C[C@H](C)OC(=O)C[C@@H]1OC(C)=O. The highest BCUT2D eigenvalue weighted by Crippen LogP contribution is 2.38. The van der Waals surface area contributed by atoms with Crippen LogP contribution >= 0.6 is 0 Å². The third-order valence-electron chi connectivity index (χ3n) is 11.0. The van der Waals surface area contributed by atoms with Crippen molar-refractivity contribution in [1.29, 1.82) is 0 Å². The lowest BCUT2D eigenvalue weighted by Crippen LogP contribution is -2.66. The van der Waals surface area contributed by atoms with E-state index >= 15 is 0 Å². The number of nitrogens with zero attached hydrogens (tertiary/aromatic N) is 1. The van der Waals surface area contributed by atoms with E-state index in [-0.39, 0.29) is 31.5 Å². The maximum absolute atomic E-state index is 13.3. The minimum absolute atomic E-state index is 0.0497. The molecule has 56 heavy (non-hydrogen) atoms. The van der Waals surface area contributed by atoms with Crippen molar-refractivity contribution in [1.82, 2.24) is 4.90 Å². The van der Waals surface area contributed by atoms with Crippen LogP contribution in [0.2, 0.25) is 0 Å². The van der Waals surface area contributed by atoms with E-state index < -0.39 is 121 Å². The molecule has 17 nitrogen and oxygen atoms in total. The van der Waals surface area contributed by atoms with Crippen LogP contribution in [0.25, 0.3) is 0 Å². The number of aliphatic hydroxyl groups is 3. The molecule has 4 heterocycles. The van der Waals surface area contributed by atoms with Gasteiger partial charge < -0.3 is 67.6 Å². The van der Waals surface area contributed by atoms with Gasteiger partial charge in [-0.05, 0) is 60.0 Å². The summed E-state index contributed by atoms with van der Waals surface area (Å²) in [6, 6.07) is -0.782. The van der Waals surface area contributed by atoms with Gasteiger partial charge in [-0.15, -0.1) is 0 Å². The fourth-order valence-corrected chi connectivity index (χ4v) is 8.27. The molecule has 0 aliphatic carbocycles. The summed E-state index contributed by atoms with van der Waals surface area (Å²) in [7, 11) is 4.84. The largest absolute Gasteiger partial charge is 0.462 e. The molecule has 17 heteroatoms. The molecule has 0 saturated carbocycles. The van der Waals surface area contributed by atoms with Crippen molar-refractivity contribution in [2.75, 3.05) is 21.2 Å². The Morgan fingerprint density at radius 2 is 1.62 bits per heavy atom. The molecule has 0 aromatic rings. The predicted octanol–water partition coefficient (Wildman–Crippen LogP) is 1.20. The molecular formula is C39H63NO16. The monoisotopic (exact) mass is 801 g/mol. The first-order valence-electron chi connectivity index (χ1n) is 19.5. The molecule has 4 aliphatic heterocycles. The van der Waals surface area contributed by atoms with E-state index in [1.165, 1.54) is 27.9 Å². The smallest absolute Gasteiger partial charge is 0.309 e. The number of esters is 3. The van der Waals surface area contributed by atoms with Gasteiger partial charge in [-0.25, -0.2) is 0 Å². The van der Waals surface area contributed by atoms with Gasteiger partial charge in [0.05, 0.1) is 43.0 Å². The van der Waals surface area contributed by atoms with Crippen LogP contribution in [-0.4, -0.2) is 163 Å². The molecule has 4 aliphatic rings. The van der Waals surface area contributed by atoms with Crippen LogP contribution in [0.1, 0.15) is 80.6 Å². The van der Waals surface area contributed by atoms with Crippen LogP contribution in [-0.2, 0) is 61.8 Å².